The summed E-state index contributed by atoms with van der Waals surface area (Å²) in [5, 5.41) is 2.76. The topological polar surface area (TPSA) is 55.4 Å². The van der Waals surface area contributed by atoms with E-state index in [-0.39, 0.29) is 5.00 Å². The van der Waals surface area contributed by atoms with Crippen molar-refractivity contribution in [3.05, 3.63) is 51.4 Å². The molecular weight excluding hydrogens is 336 g/mol. The Hall–Kier alpha value is -2.28. The molecule has 0 saturated carbocycles. The first-order valence-corrected chi connectivity index (χ1v) is 8.32. The number of hydrogen-bond donors (Lipinski definition) is 1. The molecule has 126 valence electrons. The fourth-order valence-electron chi connectivity index (χ4n) is 2.85. The van der Waals surface area contributed by atoms with Gasteiger partial charge in [0.2, 0.25) is 0 Å². The van der Waals surface area contributed by atoms with E-state index >= 15 is 0 Å². The number of carbonyl (C=O) groups is 2. The van der Waals surface area contributed by atoms with Crippen LogP contribution in [0.25, 0.3) is 0 Å². The summed E-state index contributed by atoms with van der Waals surface area (Å²) in [6.45, 7) is 0. The van der Waals surface area contributed by atoms with Crippen LogP contribution in [-0.2, 0) is 17.6 Å². The van der Waals surface area contributed by atoms with Crippen molar-refractivity contribution in [1.82, 2.24) is 0 Å². The van der Waals surface area contributed by atoms with Gasteiger partial charge in [-0.1, -0.05) is 6.07 Å². The maximum Gasteiger partial charge on any atom is 0.341 e. The van der Waals surface area contributed by atoms with Crippen LogP contribution >= 0.6 is 11.3 Å². The summed E-state index contributed by atoms with van der Waals surface area (Å²) in [6.07, 6.45) is 3.49. The number of fused-ring (bicyclic) bond motifs is 1. The van der Waals surface area contributed by atoms with Crippen LogP contribution in [0.15, 0.2) is 18.2 Å². The van der Waals surface area contributed by atoms with E-state index < -0.39 is 29.1 Å². The van der Waals surface area contributed by atoms with E-state index in [9.17, 15) is 18.4 Å². The molecule has 0 unspecified atom stereocenters. The Morgan fingerprint density at radius 3 is 2.46 bits per heavy atom. The molecule has 0 bridgehead atoms. The van der Waals surface area contributed by atoms with Gasteiger partial charge in [-0.15, -0.1) is 11.3 Å². The Bertz CT molecular complexity index is 796. The third-order valence-electron chi connectivity index (χ3n) is 3.98. The zero-order valence-electron chi connectivity index (χ0n) is 12.9. The molecule has 0 aliphatic heterocycles. The van der Waals surface area contributed by atoms with Crippen LogP contribution in [0.2, 0.25) is 0 Å². The van der Waals surface area contributed by atoms with Crippen LogP contribution in [0.3, 0.4) is 0 Å². The van der Waals surface area contributed by atoms with Gasteiger partial charge in [-0.05, 0) is 43.4 Å². The third kappa shape index (κ3) is 2.91. The minimum Gasteiger partial charge on any atom is -0.465 e. The molecule has 4 nitrogen and oxygen atoms in total. The maximum absolute atomic E-state index is 13.8. The number of methoxy groups -OCH3 is 1. The summed E-state index contributed by atoms with van der Waals surface area (Å²) in [6, 6.07) is 3.21. The quantitative estimate of drug-likeness (QED) is 0.852. The molecule has 2 aromatic rings. The van der Waals surface area contributed by atoms with E-state index in [0.717, 1.165) is 48.3 Å². The number of esters is 1. The summed E-state index contributed by atoms with van der Waals surface area (Å²) in [4.78, 5) is 25.4. The lowest BCUT2D eigenvalue weighted by Gasteiger charge is -2.12. The minimum absolute atomic E-state index is 0.279. The van der Waals surface area contributed by atoms with Gasteiger partial charge in [-0.25, -0.2) is 13.6 Å². The minimum atomic E-state index is -0.951. The maximum atomic E-state index is 13.8. The van der Waals surface area contributed by atoms with Gasteiger partial charge >= 0.3 is 5.97 Å². The van der Waals surface area contributed by atoms with Gasteiger partial charge < -0.3 is 10.1 Å². The van der Waals surface area contributed by atoms with Gasteiger partial charge in [-0.3, -0.25) is 4.79 Å². The monoisotopic (exact) mass is 351 g/mol. The van der Waals surface area contributed by atoms with Crippen molar-refractivity contribution in [3.8, 4) is 0 Å². The SMILES string of the molecule is COC(=O)c1c(NC(=O)c2c(F)cccc2F)sc2c1CCCC2. The van der Waals surface area contributed by atoms with E-state index in [1.54, 1.807) is 0 Å². The second-order valence-corrected chi connectivity index (χ2v) is 6.56. The first-order chi connectivity index (χ1) is 11.5. The van der Waals surface area contributed by atoms with Crippen LogP contribution < -0.4 is 5.32 Å². The Morgan fingerprint density at radius 2 is 1.79 bits per heavy atom. The Balaban J connectivity index is 1.99. The largest absolute Gasteiger partial charge is 0.465 e. The van der Waals surface area contributed by atoms with Crippen molar-refractivity contribution < 1.29 is 23.1 Å². The van der Waals surface area contributed by atoms with Crippen LogP contribution in [-0.4, -0.2) is 19.0 Å². The first-order valence-electron chi connectivity index (χ1n) is 7.51. The highest BCUT2D eigenvalue weighted by atomic mass is 32.1. The summed E-state index contributed by atoms with van der Waals surface area (Å²) < 4.78 is 32.3. The van der Waals surface area contributed by atoms with Gasteiger partial charge in [-0.2, -0.15) is 0 Å². The number of thiophene rings is 1. The number of benzene rings is 1. The van der Waals surface area contributed by atoms with Gasteiger partial charge in [0.1, 0.15) is 22.2 Å². The van der Waals surface area contributed by atoms with E-state index in [1.807, 2.05) is 0 Å². The van der Waals surface area contributed by atoms with E-state index in [4.69, 9.17) is 4.74 Å². The predicted octanol–water partition coefficient (Wildman–Crippen LogP) is 3.94. The standard InChI is InChI=1S/C17H15F2NO3S/c1-23-17(22)13-9-5-2-3-8-12(9)24-16(13)20-15(21)14-10(18)6-4-7-11(14)19/h4,6-7H,2-3,5,8H2,1H3,(H,20,21). The van der Waals surface area contributed by atoms with Gasteiger partial charge in [0, 0.05) is 4.88 Å². The number of aryl methyl sites for hydroxylation is 1. The fourth-order valence-corrected chi connectivity index (χ4v) is 4.12. The highest BCUT2D eigenvalue weighted by Crippen LogP contribution is 2.38. The molecule has 1 heterocycles. The molecule has 7 heteroatoms. The van der Waals surface area contributed by atoms with E-state index in [1.165, 1.54) is 24.5 Å². The zero-order chi connectivity index (χ0) is 17.3. The summed E-state index contributed by atoms with van der Waals surface area (Å²) in [5.74, 6) is -3.38. The number of carbonyl (C=O) groups excluding carboxylic acids is 2. The number of hydrogen-bond acceptors (Lipinski definition) is 4. The number of rotatable bonds is 3. The molecule has 1 aromatic heterocycles. The lowest BCUT2D eigenvalue weighted by Crippen LogP contribution is -2.17. The lowest BCUT2D eigenvalue weighted by molar-refractivity contribution is 0.0601. The highest BCUT2D eigenvalue weighted by Gasteiger charge is 2.28. The average molecular weight is 351 g/mol. The van der Waals surface area contributed by atoms with Crippen molar-refractivity contribution in [2.75, 3.05) is 12.4 Å². The van der Waals surface area contributed by atoms with Crippen molar-refractivity contribution in [1.29, 1.82) is 0 Å². The van der Waals surface area contributed by atoms with Crippen LogP contribution in [0.1, 0.15) is 44.0 Å². The Kier molecular flexibility index (Phi) is 4.62. The van der Waals surface area contributed by atoms with Crippen molar-refractivity contribution in [2.24, 2.45) is 0 Å². The lowest BCUT2D eigenvalue weighted by atomic mass is 9.95. The number of halogens is 2. The van der Waals surface area contributed by atoms with Crippen molar-refractivity contribution in [2.45, 2.75) is 25.7 Å². The van der Waals surface area contributed by atoms with E-state index in [2.05, 4.69) is 5.32 Å². The average Bonchev–Trinajstić information content (AvgIpc) is 2.91. The normalized spacial score (nSPS) is 13.3. The molecule has 0 radical (unpaired) electrons. The summed E-state index contributed by atoms with van der Waals surface area (Å²) in [5.41, 5.74) is 0.490. The van der Waals surface area contributed by atoms with Gasteiger partial charge in [0.05, 0.1) is 12.7 Å². The molecule has 3 rings (SSSR count). The molecule has 0 atom stereocenters. The molecule has 1 aliphatic carbocycles. The molecule has 0 saturated heterocycles. The molecule has 1 aromatic carbocycles. The van der Waals surface area contributed by atoms with Gasteiger partial charge in [0.15, 0.2) is 0 Å². The summed E-state index contributed by atoms with van der Waals surface area (Å²) in [7, 11) is 1.26. The molecule has 0 spiro atoms. The van der Waals surface area contributed by atoms with Crippen LogP contribution in [0.4, 0.5) is 13.8 Å². The zero-order valence-corrected chi connectivity index (χ0v) is 13.8. The number of anilines is 1. The number of amides is 1. The Morgan fingerprint density at radius 1 is 1.12 bits per heavy atom. The molecular formula is C17H15F2NO3S. The van der Waals surface area contributed by atoms with Crippen molar-refractivity contribution >= 4 is 28.2 Å². The molecule has 1 aliphatic rings. The smallest absolute Gasteiger partial charge is 0.341 e. The molecule has 1 N–H and O–H groups in total. The summed E-state index contributed by atoms with van der Waals surface area (Å²) >= 11 is 1.26. The van der Waals surface area contributed by atoms with Crippen LogP contribution in [0.5, 0.6) is 0 Å². The second kappa shape index (κ2) is 6.68. The molecule has 1 amide bonds. The molecule has 0 fully saturated rings. The molecule has 24 heavy (non-hydrogen) atoms. The first kappa shape index (κ1) is 16.6. The number of ether oxygens (including phenoxy) is 1. The predicted molar refractivity (Wildman–Crippen MR) is 86.6 cm³/mol. The third-order valence-corrected chi connectivity index (χ3v) is 5.18. The van der Waals surface area contributed by atoms with Crippen molar-refractivity contribution in [3.63, 3.8) is 0 Å². The fraction of sp³-hybridized carbons (Fsp3) is 0.294. The second-order valence-electron chi connectivity index (χ2n) is 5.46. The van der Waals surface area contributed by atoms with E-state index in [0.29, 0.717) is 5.56 Å². The highest BCUT2D eigenvalue weighted by molar-refractivity contribution is 7.17. The Labute approximate surface area is 141 Å². The number of nitrogens with one attached hydrogen (secondary N) is 1. The van der Waals surface area contributed by atoms with Crippen LogP contribution in [0, 0.1) is 11.6 Å². The van der Waals surface area contributed by atoms with Gasteiger partial charge in [0.25, 0.3) is 5.91 Å².